The minimum absolute atomic E-state index is 0.0786. The van der Waals surface area contributed by atoms with Crippen LogP contribution in [0.25, 0.3) is 0 Å². The molecule has 108 valence electrons. The first-order chi connectivity index (χ1) is 10.0. The maximum absolute atomic E-state index is 12.2. The van der Waals surface area contributed by atoms with Gasteiger partial charge >= 0.3 is 0 Å². The van der Waals surface area contributed by atoms with Gasteiger partial charge in [-0.1, -0.05) is 29.8 Å². The predicted octanol–water partition coefficient (Wildman–Crippen LogP) is 3.34. The van der Waals surface area contributed by atoms with Crippen molar-refractivity contribution in [2.45, 2.75) is 19.3 Å². The second-order valence-electron chi connectivity index (χ2n) is 5.90. The Morgan fingerprint density at radius 1 is 1.10 bits per heavy atom. The van der Waals surface area contributed by atoms with E-state index >= 15 is 0 Å². The van der Waals surface area contributed by atoms with Gasteiger partial charge < -0.3 is 10.2 Å². The number of hydrogen-bond acceptors (Lipinski definition) is 2. The summed E-state index contributed by atoms with van der Waals surface area (Å²) < 4.78 is 0. The van der Waals surface area contributed by atoms with E-state index in [0.29, 0.717) is 0 Å². The standard InChI is InChI=1S/C18H20N2O/c1-12-4-9-17-15(10-12)16(18(21)19-17)11-13-5-7-14(8-6-13)20(2)3/h4-10,16H,11H2,1-3H3,(H,19,21). The lowest BCUT2D eigenvalue weighted by atomic mass is 9.92. The quantitative estimate of drug-likeness (QED) is 0.935. The molecule has 0 bridgehead atoms. The molecule has 3 heteroatoms. The summed E-state index contributed by atoms with van der Waals surface area (Å²) in [6.07, 6.45) is 0.746. The second-order valence-corrected chi connectivity index (χ2v) is 5.90. The summed E-state index contributed by atoms with van der Waals surface area (Å²) in [5.41, 5.74) is 5.64. The van der Waals surface area contributed by atoms with E-state index < -0.39 is 0 Å². The van der Waals surface area contributed by atoms with E-state index in [1.165, 1.54) is 16.8 Å². The molecule has 21 heavy (non-hydrogen) atoms. The van der Waals surface area contributed by atoms with Crippen LogP contribution in [-0.2, 0) is 11.2 Å². The van der Waals surface area contributed by atoms with Gasteiger partial charge in [0.2, 0.25) is 5.91 Å². The van der Waals surface area contributed by atoms with E-state index in [-0.39, 0.29) is 11.8 Å². The Morgan fingerprint density at radius 2 is 1.81 bits per heavy atom. The minimum atomic E-state index is -0.0786. The Hall–Kier alpha value is -2.29. The molecule has 0 radical (unpaired) electrons. The normalized spacial score (nSPS) is 16.5. The molecule has 1 heterocycles. The molecule has 1 N–H and O–H groups in total. The monoisotopic (exact) mass is 280 g/mol. The van der Waals surface area contributed by atoms with E-state index in [1.807, 2.05) is 26.2 Å². The second kappa shape index (κ2) is 5.24. The van der Waals surface area contributed by atoms with Crippen molar-refractivity contribution in [3.8, 4) is 0 Å². The van der Waals surface area contributed by atoms with Crippen LogP contribution in [0.1, 0.15) is 22.6 Å². The van der Waals surface area contributed by atoms with Crippen molar-refractivity contribution in [3.05, 3.63) is 59.2 Å². The number of rotatable bonds is 3. The number of hydrogen-bond donors (Lipinski definition) is 1. The summed E-state index contributed by atoms with van der Waals surface area (Å²) in [5, 5.41) is 2.98. The highest BCUT2D eigenvalue weighted by Gasteiger charge is 2.30. The number of nitrogens with zero attached hydrogens (tertiary/aromatic N) is 1. The number of amides is 1. The van der Waals surface area contributed by atoms with Crippen LogP contribution in [0.5, 0.6) is 0 Å². The summed E-state index contributed by atoms with van der Waals surface area (Å²) in [6.45, 7) is 2.06. The zero-order valence-electron chi connectivity index (χ0n) is 12.7. The molecule has 0 spiro atoms. The number of aryl methyl sites for hydroxylation is 1. The molecule has 2 aromatic carbocycles. The zero-order valence-corrected chi connectivity index (χ0v) is 12.7. The third-order valence-corrected chi connectivity index (χ3v) is 4.05. The predicted molar refractivity (Wildman–Crippen MR) is 87.0 cm³/mol. The average molecular weight is 280 g/mol. The molecule has 3 rings (SSSR count). The summed E-state index contributed by atoms with van der Waals surface area (Å²) in [5.74, 6) is 0.0254. The zero-order chi connectivity index (χ0) is 15.0. The van der Waals surface area contributed by atoms with Crippen LogP contribution in [0.4, 0.5) is 11.4 Å². The molecule has 2 aromatic rings. The van der Waals surface area contributed by atoms with Crippen molar-refractivity contribution in [3.63, 3.8) is 0 Å². The molecule has 1 unspecified atom stereocenters. The van der Waals surface area contributed by atoms with Gasteiger partial charge in [-0.05, 0) is 42.7 Å². The fourth-order valence-corrected chi connectivity index (χ4v) is 2.81. The summed E-state index contributed by atoms with van der Waals surface area (Å²) in [4.78, 5) is 14.3. The first-order valence-electron chi connectivity index (χ1n) is 7.22. The van der Waals surface area contributed by atoms with Gasteiger partial charge in [0.15, 0.2) is 0 Å². The van der Waals surface area contributed by atoms with Gasteiger partial charge in [0, 0.05) is 25.5 Å². The smallest absolute Gasteiger partial charge is 0.232 e. The van der Waals surface area contributed by atoms with Gasteiger partial charge in [-0.25, -0.2) is 0 Å². The average Bonchev–Trinajstić information content (AvgIpc) is 2.76. The van der Waals surface area contributed by atoms with E-state index in [9.17, 15) is 4.79 Å². The molecular formula is C18H20N2O. The van der Waals surface area contributed by atoms with Crippen LogP contribution in [0.3, 0.4) is 0 Å². The summed E-state index contributed by atoms with van der Waals surface area (Å²) in [6, 6.07) is 14.6. The number of carbonyl (C=O) groups is 1. The van der Waals surface area contributed by atoms with E-state index in [4.69, 9.17) is 0 Å². The molecular weight excluding hydrogens is 260 g/mol. The largest absolute Gasteiger partial charge is 0.378 e. The van der Waals surface area contributed by atoms with E-state index in [1.54, 1.807) is 0 Å². The van der Waals surface area contributed by atoms with Crippen LogP contribution in [0.15, 0.2) is 42.5 Å². The molecule has 1 aliphatic rings. The Morgan fingerprint density at radius 3 is 2.48 bits per heavy atom. The van der Waals surface area contributed by atoms with Crippen molar-refractivity contribution in [2.24, 2.45) is 0 Å². The molecule has 0 saturated heterocycles. The van der Waals surface area contributed by atoms with Crippen molar-refractivity contribution in [1.82, 2.24) is 0 Å². The lowest BCUT2D eigenvalue weighted by Crippen LogP contribution is -2.14. The lowest BCUT2D eigenvalue weighted by molar-refractivity contribution is -0.117. The Labute approximate surface area is 125 Å². The van der Waals surface area contributed by atoms with Crippen LogP contribution < -0.4 is 10.2 Å². The fourth-order valence-electron chi connectivity index (χ4n) is 2.81. The number of benzene rings is 2. The van der Waals surface area contributed by atoms with Crippen molar-refractivity contribution in [2.75, 3.05) is 24.3 Å². The molecule has 1 amide bonds. The minimum Gasteiger partial charge on any atom is -0.378 e. The summed E-state index contributed by atoms with van der Waals surface area (Å²) in [7, 11) is 4.05. The molecule has 0 aromatic heterocycles. The van der Waals surface area contributed by atoms with Crippen LogP contribution in [0, 0.1) is 6.92 Å². The third kappa shape index (κ3) is 2.64. The first kappa shape index (κ1) is 13.7. The Bertz CT molecular complexity index is 674. The fraction of sp³-hybridized carbons (Fsp3) is 0.278. The van der Waals surface area contributed by atoms with Gasteiger partial charge in [0.1, 0.15) is 0 Å². The molecule has 1 atom stereocenters. The molecule has 0 aliphatic carbocycles. The lowest BCUT2D eigenvalue weighted by Gasteiger charge is -2.14. The first-order valence-corrected chi connectivity index (χ1v) is 7.22. The highest BCUT2D eigenvalue weighted by atomic mass is 16.2. The van der Waals surface area contributed by atoms with Crippen LogP contribution in [0.2, 0.25) is 0 Å². The van der Waals surface area contributed by atoms with Crippen LogP contribution in [-0.4, -0.2) is 20.0 Å². The van der Waals surface area contributed by atoms with E-state index in [2.05, 4.69) is 47.5 Å². The molecule has 0 fully saturated rings. The van der Waals surface area contributed by atoms with Crippen molar-refractivity contribution < 1.29 is 4.79 Å². The maximum atomic E-state index is 12.2. The van der Waals surface area contributed by atoms with Gasteiger partial charge in [-0.15, -0.1) is 0 Å². The highest BCUT2D eigenvalue weighted by molar-refractivity contribution is 6.03. The topological polar surface area (TPSA) is 32.3 Å². The molecule has 0 saturated carbocycles. The Kier molecular flexibility index (Phi) is 3.42. The molecule has 1 aliphatic heterocycles. The van der Waals surface area contributed by atoms with Gasteiger partial charge in [-0.2, -0.15) is 0 Å². The van der Waals surface area contributed by atoms with Crippen LogP contribution >= 0.6 is 0 Å². The molecule has 3 nitrogen and oxygen atoms in total. The van der Waals surface area contributed by atoms with Crippen molar-refractivity contribution in [1.29, 1.82) is 0 Å². The Balaban J connectivity index is 1.85. The number of anilines is 2. The van der Waals surface area contributed by atoms with E-state index in [0.717, 1.165) is 17.7 Å². The number of fused-ring (bicyclic) bond motifs is 1. The van der Waals surface area contributed by atoms with Crippen molar-refractivity contribution >= 4 is 17.3 Å². The number of carbonyl (C=O) groups excluding carboxylic acids is 1. The third-order valence-electron chi connectivity index (χ3n) is 4.05. The van der Waals surface area contributed by atoms with Gasteiger partial charge in [-0.3, -0.25) is 4.79 Å². The maximum Gasteiger partial charge on any atom is 0.232 e. The SMILES string of the molecule is Cc1ccc2c(c1)C(Cc1ccc(N(C)C)cc1)C(=O)N2. The van der Waals surface area contributed by atoms with Gasteiger partial charge in [0.05, 0.1) is 5.92 Å². The number of nitrogens with one attached hydrogen (secondary N) is 1. The van der Waals surface area contributed by atoms with Gasteiger partial charge in [0.25, 0.3) is 0 Å². The highest BCUT2D eigenvalue weighted by Crippen LogP contribution is 2.35. The summed E-state index contributed by atoms with van der Waals surface area (Å²) >= 11 is 0.